The molecule has 1 saturated heterocycles. The van der Waals surface area contributed by atoms with Gasteiger partial charge in [0, 0.05) is 30.5 Å². The van der Waals surface area contributed by atoms with Crippen molar-refractivity contribution in [2.75, 3.05) is 18.8 Å². The number of carbonyl (C=O) groups excluding carboxylic acids is 3. The number of ether oxygens (including phenoxy) is 1. The predicted octanol–water partition coefficient (Wildman–Crippen LogP) is 3.42. The van der Waals surface area contributed by atoms with Gasteiger partial charge in [-0.2, -0.15) is 0 Å². The predicted molar refractivity (Wildman–Crippen MR) is 145 cm³/mol. The summed E-state index contributed by atoms with van der Waals surface area (Å²) in [5.74, 6) is -0.438. The van der Waals surface area contributed by atoms with Crippen LogP contribution < -0.4 is 11.1 Å². The third-order valence-corrected chi connectivity index (χ3v) is 12.6. The molecular weight excluding hydrogens is 516 g/mol. The van der Waals surface area contributed by atoms with Gasteiger partial charge in [-0.3, -0.25) is 19.7 Å². The van der Waals surface area contributed by atoms with Crippen LogP contribution in [0.1, 0.15) is 39.7 Å². The molecule has 1 fully saturated rings. The van der Waals surface area contributed by atoms with Crippen LogP contribution in [0.4, 0.5) is 10.5 Å². The molecule has 0 saturated carbocycles. The summed E-state index contributed by atoms with van der Waals surface area (Å²) in [6, 6.07) is 5.63. The van der Waals surface area contributed by atoms with Crippen molar-refractivity contribution >= 4 is 43.7 Å². The van der Waals surface area contributed by atoms with Crippen LogP contribution in [0.5, 0.6) is 0 Å². The standard InChI is InChI=1S/C24H38N4O7SSi/c1-16(22(30)26-12-21(25)29)36-15-19-11-20(35-37(5,6)24(2,3)4)13-27(19)23(31)34-14-17-7-9-18(10-8-17)28(32)33/h7-10,16,19-20H,11-15H2,1-6H3,(H2,25,29)(H,26,30). The summed E-state index contributed by atoms with van der Waals surface area (Å²) in [4.78, 5) is 48.3. The Morgan fingerprint density at radius 3 is 2.43 bits per heavy atom. The number of amides is 3. The molecule has 37 heavy (non-hydrogen) atoms. The summed E-state index contributed by atoms with van der Waals surface area (Å²) in [6.45, 7) is 12.7. The second-order valence-electron chi connectivity index (χ2n) is 10.7. The number of nitrogens with two attached hydrogens (primary N) is 1. The van der Waals surface area contributed by atoms with Crippen molar-refractivity contribution in [1.29, 1.82) is 0 Å². The summed E-state index contributed by atoms with van der Waals surface area (Å²) < 4.78 is 12.1. The Labute approximate surface area is 223 Å². The van der Waals surface area contributed by atoms with E-state index in [1.165, 1.54) is 23.9 Å². The number of primary amides is 1. The zero-order chi connectivity index (χ0) is 28.0. The summed E-state index contributed by atoms with van der Waals surface area (Å²) in [5.41, 5.74) is 5.70. The van der Waals surface area contributed by atoms with Crippen molar-refractivity contribution < 1.29 is 28.5 Å². The Morgan fingerprint density at radius 2 is 1.89 bits per heavy atom. The number of nitrogens with zero attached hydrogens (tertiary/aromatic N) is 2. The maximum absolute atomic E-state index is 13.1. The van der Waals surface area contributed by atoms with Gasteiger partial charge in [0.2, 0.25) is 11.8 Å². The van der Waals surface area contributed by atoms with Crippen molar-refractivity contribution in [3.63, 3.8) is 0 Å². The quantitative estimate of drug-likeness (QED) is 0.240. The molecular formula is C24H38N4O7SSi. The molecule has 0 aliphatic carbocycles. The van der Waals surface area contributed by atoms with Gasteiger partial charge in [-0.15, -0.1) is 11.8 Å². The molecule has 3 amide bonds. The van der Waals surface area contributed by atoms with Crippen molar-refractivity contribution in [2.45, 2.75) is 76.3 Å². The van der Waals surface area contributed by atoms with E-state index in [-0.39, 0.29) is 41.9 Å². The average molecular weight is 555 g/mol. The molecule has 11 nitrogen and oxygen atoms in total. The Balaban J connectivity index is 2.07. The van der Waals surface area contributed by atoms with Crippen LogP contribution in [0.15, 0.2) is 24.3 Å². The molecule has 206 valence electrons. The fraction of sp³-hybridized carbons (Fsp3) is 0.625. The van der Waals surface area contributed by atoms with Crippen LogP contribution in [0.3, 0.4) is 0 Å². The molecule has 0 spiro atoms. The molecule has 0 radical (unpaired) electrons. The molecule has 3 N–H and O–H groups in total. The van der Waals surface area contributed by atoms with E-state index in [1.54, 1.807) is 24.0 Å². The molecule has 2 rings (SSSR count). The van der Waals surface area contributed by atoms with Gasteiger partial charge in [0.25, 0.3) is 5.69 Å². The number of hydrogen-bond donors (Lipinski definition) is 2. The van der Waals surface area contributed by atoms with E-state index in [0.29, 0.717) is 24.3 Å². The highest BCUT2D eigenvalue weighted by molar-refractivity contribution is 8.00. The summed E-state index contributed by atoms with van der Waals surface area (Å²) in [5, 5.41) is 12.9. The minimum absolute atomic E-state index is 0.00806. The van der Waals surface area contributed by atoms with Gasteiger partial charge in [-0.1, -0.05) is 20.8 Å². The number of nitro benzene ring substituents is 1. The van der Waals surface area contributed by atoms with Gasteiger partial charge in [0.1, 0.15) is 6.61 Å². The molecule has 0 aromatic heterocycles. The summed E-state index contributed by atoms with van der Waals surface area (Å²) >= 11 is 1.38. The molecule has 3 atom stereocenters. The number of hydrogen-bond acceptors (Lipinski definition) is 8. The lowest BCUT2D eigenvalue weighted by Gasteiger charge is -2.38. The Morgan fingerprint density at radius 1 is 1.27 bits per heavy atom. The lowest BCUT2D eigenvalue weighted by molar-refractivity contribution is -0.384. The van der Waals surface area contributed by atoms with Crippen molar-refractivity contribution in [3.8, 4) is 0 Å². The largest absolute Gasteiger partial charge is 0.445 e. The smallest absolute Gasteiger partial charge is 0.410 e. The number of carbonyl (C=O) groups is 3. The van der Waals surface area contributed by atoms with Crippen molar-refractivity contribution in [1.82, 2.24) is 10.2 Å². The number of nitro groups is 1. The minimum Gasteiger partial charge on any atom is -0.445 e. The molecule has 1 aromatic rings. The first-order chi connectivity index (χ1) is 17.1. The normalized spacial score (nSPS) is 18.8. The first-order valence-electron chi connectivity index (χ1n) is 12.1. The van der Waals surface area contributed by atoms with Crippen molar-refractivity contribution in [2.24, 2.45) is 5.73 Å². The van der Waals surface area contributed by atoms with Gasteiger partial charge in [0.15, 0.2) is 8.32 Å². The Hall–Kier alpha value is -2.64. The van der Waals surface area contributed by atoms with Gasteiger partial charge in [0.05, 0.1) is 22.8 Å². The van der Waals surface area contributed by atoms with Crippen LogP contribution in [-0.4, -0.2) is 72.3 Å². The van der Waals surface area contributed by atoms with Gasteiger partial charge in [-0.05, 0) is 49.2 Å². The van der Waals surface area contributed by atoms with Gasteiger partial charge < -0.3 is 25.1 Å². The van der Waals surface area contributed by atoms with Crippen LogP contribution in [0.2, 0.25) is 18.1 Å². The fourth-order valence-corrected chi connectivity index (χ4v) is 5.94. The topological polar surface area (TPSA) is 154 Å². The second-order valence-corrected chi connectivity index (χ2v) is 16.8. The SMILES string of the molecule is CC(SCC1CC(O[Si](C)(C)C(C)(C)C)CN1C(=O)OCc1ccc([N+](=O)[O-])cc1)C(=O)NCC(N)=O. The van der Waals surface area contributed by atoms with Crippen LogP contribution in [-0.2, 0) is 25.4 Å². The average Bonchev–Trinajstić information content (AvgIpc) is 3.20. The lowest BCUT2D eigenvalue weighted by atomic mass is 10.2. The number of thioether (sulfide) groups is 1. The highest BCUT2D eigenvalue weighted by atomic mass is 32.2. The summed E-state index contributed by atoms with van der Waals surface area (Å²) in [7, 11) is -2.08. The van der Waals surface area contributed by atoms with E-state index >= 15 is 0 Å². The Kier molecular flexibility index (Phi) is 10.5. The maximum atomic E-state index is 13.1. The number of benzene rings is 1. The lowest BCUT2D eigenvalue weighted by Crippen LogP contribution is -2.45. The van der Waals surface area contributed by atoms with Crippen molar-refractivity contribution in [3.05, 3.63) is 39.9 Å². The number of likely N-dealkylation sites (tertiary alicyclic amines) is 1. The molecule has 3 unspecified atom stereocenters. The molecule has 1 aromatic carbocycles. The molecule has 13 heteroatoms. The van der Waals surface area contributed by atoms with E-state index in [4.69, 9.17) is 14.9 Å². The van der Waals surface area contributed by atoms with Crippen LogP contribution >= 0.6 is 11.8 Å². The van der Waals surface area contributed by atoms with E-state index in [0.717, 1.165) is 0 Å². The van der Waals surface area contributed by atoms with Crippen LogP contribution in [0, 0.1) is 10.1 Å². The zero-order valence-electron chi connectivity index (χ0n) is 22.3. The van der Waals surface area contributed by atoms with Crippen LogP contribution in [0.25, 0.3) is 0 Å². The second kappa shape index (κ2) is 12.7. The molecule has 0 bridgehead atoms. The molecule has 1 aliphatic rings. The van der Waals surface area contributed by atoms with E-state index in [1.807, 2.05) is 0 Å². The van der Waals surface area contributed by atoms with E-state index in [2.05, 4.69) is 39.2 Å². The fourth-order valence-electron chi connectivity index (χ4n) is 3.53. The van der Waals surface area contributed by atoms with E-state index in [9.17, 15) is 24.5 Å². The van der Waals surface area contributed by atoms with E-state index < -0.39 is 30.5 Å². The maximum Gasteiger partial charge on any atom is 0.410 e. The first kappa shape index (κ1) is 30.6. The Bertz CT molecular complexity index is 984. The molecule has 1 aliphatic heterocycles. The zero-order valence-corrected chi connectivity index (χ0v) is 24.1. The minimum atomic E-state index is -2.08. The molecule has 1 heterocycles. The highest BCUT2D eigenvalue weighted by Crippen LogP contribution is 2.39. The third kappa shape index (κ3) is 9.00. The highest BCUT2D eigenvalue weighted by Gasteiger charge is 2.44. The van der Waals surface area contributed by atoms with Gasteiger partial charge in [-0.25, -0.2) is 4.79 Å². The summed E-state index contributed by atoms with van der Waals surface area (Å²) in [6.07, 6.45) is -0.0459. The number of rotatable bonds is 11. The third-order valence-electron chi connectivity index (χ3n) is 6.73. The van der Waals surface area contributed by atoms with Gasteiger partial charge >= 0.3 is 6.09 Å². The monoisotopic (exact) mass is 554 g/mol. The number of nitrogens with one attached hydrogen (secondary N) is 1. The first-order valence-corrected chi connectivity index (χ1v) is 16.1. The number of non-ortho nitro benzene ring substituents is 1.